The van der Waals surface area contributed by atoms with Crippen LogP contribution < -0.4 is 0 Å². The molecule has 3 aromatic rings. The third kappa shape index (κ3) is 5.70. The van der Waals surface area contributed by atoms with E-state index in [0.29, 0.717) is 46.1 Å². The Morgan fingerprint density at radius 1 is 1.05 bits per heavy atom. The van der Waals surface area contributed by atoms with Crippen LogP contribution in [0.15, 0.2) is 30.6 Å². The molecule has 0 spiro atoms. The van der Waals surface area contributed by atoms with Crippen molar-refractivity contribution in [1.82, 2.24) is 19.8 Å². The molecule has 1 aromatic carbocycles. The molecule has 0 aliphatic carbocycles. The largest absolute Gasteiger partial charge is 0.444 e. The van der Waals surface area contributed by atoms with Gasteiger partial charge in [-0.1, -0.05) is 6.07 Å². The van der Waals surface area contributed by atoms with E-state index in [9.17, 15) is 9.59 Å². The number of aryl methyl sites for hydroxylation is 1. The Morgan fingerprint density at radius 2 is 1.85 bits per heavy atom. The fourth-order valence-corrected chi connectivity index (χ4v) is 6.25. The van der Waals surface area contributed by atoms with E-state index in [1.807, 2.05) is 38.1 Å². The van der Waals surface area contributed by atoms with Crippen LogP contribution >= 0.6 is 0 Å². The Bertz CT molecular complexity index is 1450. The van der Waals surface area contributed by atoms with Crippen molar-refractivity contribution in [2.75, 3.05) is 39.5 Å². The third-order valence-electron chi connectivity index (χ3n) is 8.45. The molecule has 0 bridgehead atoms. The number of hydrogen-bond donors (Lipinski definition) is 1. The number of nitrogens with zero attached hydrogens (tertiary/aromatic N) is 3. The average Bonchev–Trinajstić information content (AvgIpc) is 3.35. The van der Waals surface area contributed by atoms with Crippen molar-refractivity contribution in [3.8, 4) is 11.1 Å². The number of fused-ring (bicyclic) bond motifs is 2. The topological polar surface area (TPSA) is 97.0 Å². The first-order chi connectivity index (χ1) is 19.7. The summed E-state index contributed by atoms with van der Waals surface area (Å²) < 4.78 is 17.3. The Balaban J connectivity index is 1.41. The lowest BCUT2D eigenvalue weighted by molar-refractivity contribution is -0.139. The number of carbonyl (C=O) groups excluding carboxylic acids is 2. The minimum atomic E-state index is -0.607. The van der Waals surface area contributed by atoms with Crippen LogP contribution in [0, 0.1) is 12.8 Å². The molecular weight excluding hydrogens is 520 g/mol. The van der Waals surface area contributed by atoms with Crippen LogP contribution in [-0.4, -0.2) is 76.9 Å². The number of morpholine rings is 1. The number of rotatable bonds is 3. The molecule has 3 aliphatic heterocycles. The molecule has 2 aromatic heterocycles. The molecule has 3 aliphatic rings. The summed E-state index contributed by atoms with van der Waals surface area (Å²) in [4.78, 5) is 38.7. The summed E-state index contributed by atoms with van der Waals surface area (Å²) in [5, 5.41) is 1.09. The zero-order chi connectivity index (χ0) is 28.7. The number of H-pyrrole nitrogens is 1. The van der Waals surface area contributed by atoms with Gasteiger partial charge in [-0.3, -0.25) is 9.69 Å². The number of aromatic nitrogens is 2. The van der Waals surface area contributed by atoms with Gasteiger partial charge < -0.3 is 24.1 Å². The van der Waals surface area contributed by atoms with Gasteiger partial charge in [-0.2, -0.15) is 0 Å². The van der Waals surface area contributed by atoms with Crippen LogP contribution in [0.5, 0.6) is 0 Å². The van der Waals surface area contributed by atoms with E-state index in [4.69, 9.17) is 14.2 Å². The quantitative estimate of drug-likeness (QED) is 0.476. The van der Waals surface area contributed by atoms with Gasteiger partial charge in [0.05, 0.1) is 19.3 Å². The van der Waals surface area contributed by atoms with E-state index in [0.717, 1.165) is 58.1 Å². The van der Waals surface area contributed by atoms with Gasteiger partial charge in [-0.15, -0.1) is 0 Å². The molecule has 0 saturated carbocycles. The molecule has 6 rings (SSSR count). The van der Waals surface area contributed by atoms with Crippen LogP contribution in [-0.2, 0) is 32.0 Å². The van der Waals surface area contributed by atoms with Gasteiger partial charge in [0.1, 0.15) is 11.2 Å². The van der Waals surface area contributed by atoms with Gasteiger partial charge >= 0.3 is 6.09 Å². The van der Waals surface area contributed by atoms with E-state index in [-0.39, 0.29) is 24.0 Å². The van der Waals surface area contributed by atoms with Crippen molar-refractivity contribution in [3.05, 3.63) is 52.8 Å². The second kappa shape index (κ2) is 11.1. The third-order valence-corrected chi connectivity index (χ3v) is 8.45. The molecule has 2 fully saturated rings. The first-order valence-corrected chi connectivity index (χ1v) is 14.7. The number of nitrogens with one attached hydrogen (secondary N) is 1. The van der Waals surface area contributed by atoms with Crippen LogP contribution in [0.4, 0.5) is 4.79 Å². The Kier molecular flexibility index (Phi) is 7.50. The van der Waals surface area contributed by atoms with E-state index in [1.165, 1.54) is 5.56 Å². The minimum Gasteiger partial charge on any atom is -0.444 e. The van der Waals surface area contributed by atoms with E-state index >= 15 is 0 Å². The minimum absolute atomic E-state index is 0.00620. The number of benzene rings is 1. The van der Waals surface area contributed by atoms with E-state index < -0.39 is 5.60 Å². The zero-order valence-corrected chi connectivity index (χ0v) is 24.5. The molecule has 5 heterocycles. The number of hydrogen-bond acceptors (Lipinski definition) is 6. The van der Waals surface area contributed by atoms with Crippen molar-refractivity contribution in [3.63, 3.8) is 0 Å². The van der Waals surface area contributed by atoms with Crippen LogP contribution in [0.2, 0.25) is 0 Å². The van der Waals surface area contributed by atoms with E-state index in [1.54, 1.807) is 4.90 Å². The summed E-state index contributed by atoms with van der Waals surface area (Å²) in [6.07, 6.45) is 5.82. The molecule has 41 heavy (non-hydrogen) atoms. The van der Waals surface area contributed by atoms with Gasteiger partial charge in [-0.25, -0.2) is 9.78 Å². The van der Waals surface area contributed by atoms with E-state index in [2.05, 4.69) is 35.1 Å². The number of ether oxygens (including phenoxy) is 3. The molecule has 1 atom stereocenters. The molecule has 0 unspecified atom stereocenters. The van der Waals surface area contributed by atoms with Crippen molar-refractivity contribution in [2.24, 2.45) is 5.92 Å². The summed E-state index contributed by atoms with van der Waals surface area (Å²) in [5.74, 6) is 0.210. The maximum Gasteiger partial charge on any atom is 0.410 e. The standard InChI is InChI=1S/C32H40N4O5/c1-20-16-33-29-25(20)15-24(17-34-29)23-13-22-5-8-35(30(37)21-6-10-39-11-7-21)18-27(22)26(14-23)28-19-40-12-9-36(28)31(38)41-32(2,3)4/h13-17,21,28H,5-12,18-19H2,1-4H3,(H,33,34)/t28-/m0/s1. The predicted molar refractivity (Wildman–Crippen MR) is 155 cm³/mol. The number of carbonyl (C=O) groups is 2. The molecule has 0 radical (unpaired) electrons. The second-order valence-corrected chi connectivity index (χ2v) is 12.5. The van der Waals surface area contributed by atoms with Crippen molar-refractivity contribution in [2.45, 2.75) is 65.1 Å². The number of aromatic amines is 1. The highest BCUT2D eigenvalue weighted by Crippen LogP contribution is 2.38. The fourth-order valence-electron chi connectivity index (χ4n) is 6.25. The summed E-state index contributed by atoms with van der Waals surface area (Å²) in [6.45, 7) is 11.5. The van der Waals surface area contributed by atoms with Crippen molar-refractivity contribution >= 4 is 23.0 Å². The highest BCUT2D eigenvalue weighted by atomic mass is 16.6. The molecular formula is C32H40N4O5. The molecule has 1 N–H and O–H groups in total. The van der Waals surface area contributed by atoms with Crippen LogP contribution in [0.3, 0.4) is 0 Å². The Labute approximate surface area is 241 Å². The van der Waals surface area contributed by atoms with Crippen LogP contribution in [0.1, 0.15) is 61.9 Å². The fraction of sp³-hybridized carbons (Fsp3) is 0.531. The first kappa shape index (κ1) is 27.7. The lowest BCUT2D eigenvalue weighted by atomic mass is 9.86. The lowest BCUT2D eigenvalue weighted by Crippen LogP contribution is -2.47. The molecule has 9 nitrogen and oxygen atoms in total. The molecule has 9 heteroatoms. The predicted octanol–water partition coefficient (Wildman–Crippen LogP) is 5.16. The smallest absolute Gasteiger partial charge is 0.410 e. The van der Waals surface area contributed by atoms with Crippen molar-refractivity contribution in [1.29, 1.82) is 0 Å². The Hall–Kier alpha value is -3.43. The van der Waals surface area contributed by atoms with Gasteiger partial charge in [-0.05, 0) is 86.9 Å². The van der Waals surface area contributed by atoms with Crippen molar-refractivity contribution < 1.29 is 23.8 Å². The maximum absolute atomic E-state index is 13.5. The second-order valence-electron chi connectivity index (χ2n) is 12.5. The lowest BCUT2D eigenvalue weighted by Gasteiger charge is -2.40. The van der Waals surface area contributed by atoms with Gasteiger partial charge in [0.15, 0.2) is 0 Å². The zero-order valence-electron chi connectivity index (χ0n) is 24.5. The first-order valence-electron chi connectivity index (χ1n) is 14.7. The summed E-state index contributed by atoms with van der Waals surface area (Å²) in [7, 11) is 0. The molecule has 2 amide bonds. The molecule has 218 valence electrons. The number of amides is 2. The summed E-state index contributed by atoms with van der Waals surface area (Å²) >= 11 is 0. The SMILES string of the molecule is Cc1c[nH]c2ncc(-c3cc4c(c([C@@H]5COCCN5C(=O)OC(C)(C)C)c3)CN(C(=O)C3CCOCC3)CC4)cc12. The summed E-state index contributed by atoms with van der Waals surface area (Å²) in [6, 6.07) is 6.26. The summed E-state index contributed by atoms with van der Waals surface area (Å²) in [5.41, 5.74) is 6.79. The number of pyridine rings is 1. The van der Waals surface area contributed by atoms with Crippen LogP contribution in [0.25, 0.3) is 22.2 Å². The Morgan fingerprint density at radius 3 is 2.63 bits per heavy atom. The van der Waals surface area contributed by atoms with Gasteiger partial charge in [0, 0.05) is 62.1 Å². The maximum atomic E-state index is 13.5. The monoisotopic (exact) mass is 560 g/mol. The highest BCUT2D eigenvalue weighted by molar-refractivity contribution is 5.85. The highest BCUT2D eigenvalue weighted by Gasteiger charge is 2.36. The average molecular weight is 561 g/mol. The van der Waals surface area contributed by atoms with Gasteiger partial charge in [0.25, 0.3) is 0 Å². The normalized spacial score (nSPS) is 20.2. The van der Waals surface area contributed by atoms with Gasteiger partial charge in [0.2, 0.25) is 5.91 Å². The molecule has 2 saturated heterocycles.